The first-order valence-electron chi connectivity index (χ1n) is 10.5. The molecule has 1 saturated carbocycles. The van der Waals surface area contributed by atoms with Gasteiger partial charge in [0.1, 0.15) is 6.10 Å². The van der Waals surface area contributed by atoms with Gasteiger partial charge in [0.15, 0.2) is 15.7 Å². The van der Waals surface area contributed by atoms with E-state index in [9.17, 15) is 13.2 Å². The monoisotopic (exact) mass is 432 g/mol. The fourth-order valence-electron chi connectivity index (χ4n) is 4.23. The Morgan fingerprint density at radius 3 is 2.90 bits per heavy atom. The molecule has 1 aromatic carbocycles. The number of carbonyl (C=O) groups is 1. The van der Waals surface area contributed by atoms with Crippen molar-refractivity contribution in [3.63, 3.8) is 0 Å². The summed E-state index contributed by atoms with van der Waals surface area (Å²) in [6.07, 6.45) is 3.50. The van der Waals surface area contributed by atoms with Crippen LogP contribution in [0.5, 0.6) is 0 Å². The lowest BCUT2D eigenvalue weighted by molar-refractivity contribution is 0.0981. The normalized spacial score (nSPS) is 22.5. The van der Waals surface area contributed by atoms with E-state index >= 15 is 0 Å². The molecule has 30 heavy (non-hydrogen) atoms. The number of H-pyrrole nitrogens is 1. The highest BCUT2D eigenvalue weighted by Crippen LogP contribution is 2.36. The standard InChI is InChI=1S/C21H28N4O4S/c1-13(2)22-21(26)29-17-7-5-14(11-17)18-12-20(25-24-18)23-16-6-8-19-15(10-16)4-3-9-30(19,27)28/h6,8,10,12-14,17H,3-5,7,9,11H2,1-2H3,(H,22,26)(H2,23,24,25)/t14-,17+/m0/s1. The van der Waals surface area contributed by atoms with Gasteiger partial charge in [-0.3, -0.25) is 5.10 Å². The highest BCUT2D eigenvalue weighted by Gasteiger charge is 2.30. The second-order valence-corrected chi connectivity index (χ2v) is 10.5. The van der Waals surface area contributed by atoms with Crippen LogP contribution in [0.25, 0.3) is 0 Å². The summed E-state index contributed by atoms with van der Waals surface area (Å²) in [6.45, 7) is 3.80. The third-order valence-corrected chi connectivity index (χ3v) is 7.52. The van der Waals surface area contributed by atoms with Gasteiger partial charge < -0.3 is 15.4 Å². The van der Waals surface area contributed by atoms with Gasteiger partial charge in [-0.25, -0.2) is 13.2 Å². The number of rotatable bonds is 5. The molecule has 2 aromatic rings. The molecule has 162 valence electrons. The number of nitrogens with zero attached hydrogens (tertiary/aromatic N) is 1. The molecular formula is C21H28N4O4S. The van der Waals surface area contributed by atoms with Crippen LogP contribution in [0.3, 0.4) is 0 Å². The predicted octanol–water partition coefficient (Wildman–Crippen LogP) is 3.64. The number of aromatic nitrogens is 2. The van der Waals surface area contributed by atoms with Gasteiger partial charge >= 0.3 is 6.09 Å². The van der Waals surface area contributed by atoms with Crippen LogP contribution < -0.4 is 10.6 Å². The maximum absolute atomic E-state index is 12.2. The molecule has 4 rings (SSSR count). The second kappa shape index (κ2) is 8.29. The Bertz CT molecular complexity index is 1030. The van der Waals surface area contributed by atoms with Crippen LogP contribution in [0.15, 0.2) is 29.2 Å². The third kappa shape index (κ3) is 4.61. The zero-order valence-corrected chi connectivity index (χ0v) is 18.1. The van der Waals surface area contributed by atoms with E-state index in [1.807, 2.05) is 26.0 Å². The summed E-state index contributed by atoms with van der Waals surface area (Å²) >= 11 is 0. The van der Waals surface area contributed by atoms with Crippen LogP contribution in [-0.4, -0.2) is 42.6 Å². The Hall–Kier alpha value is -2.55. The van der Waals surface area contributed by atoms with Crippen molar-refractivity contribution in [2.24, 2.45) is 0 Å². The molecule has 2 heterocycles. The van der Waals surface area contributed by atoms with Gasteiger partial charge in [-0.15, -0.1) is 0 Å². The van der Waals surface area contributed by atoms with Crippen molar-refractivity contribution in [3.8, 4) is 0 Å². The van der Waals surface area contributed by atoms with Crippen LogP contribution in [0.4, 0.5) is 16.3 Å². The van der Waals surface area contributed by atoms with Gasteiger partial charge in [-0.05, 0) is 69.7 Å². The van der Waals surface area contributed by atoms with Crippen molar-refractivity contribution < 1.29 is 17.9 Å². The Labute approximate surface area is 176 Å². The fraction of sp³-hybridized carbons (Fsp3) is 0.524. The minimum absolute atomic E-state index is 0.0552. The largest absolute Gasteiger partial charge is 0.446 e. The van der Waals surface area contributed by atoms with E-state index in [0.29, 0.717) is 17.1 Å². The minimum Gasteiger partial charge on any atom is -0.446 e. The Morgan fingerprint density at radius 2 is 2.10 bits per heavy atom. The summed E-state index contributed by atoms with van der Waals surface area (Å²) < 4.78 is 29.8. The molecule has 0 spiro atoms. The molecule has 1 aliphatic carbocycles. The molecular weight excluding hydrogens is 404 g/mol. The zero-order valence-electron chi connectivity index (χ0n) is 17.3. The Balaban J connectivity index is 1.38. The first-order chi connectivity index (χ1) is 14.3. The van der Waals surface area contributed by atoms with Crippen LogP contribution in [-0.2, 0) is 21.0 Å². The van der Waals surface area contributed by atoms with E-state index in [0.717, 1.165) is 42.6 Å². The van der Waals surface area contributed by atoms with Crippen molar-refractivity contribution in [3.05, 3.63) is 35.5 Å². The number of alkyl carbamates (subject to hydrolysis) is 1. The minimum atomic E-state index is -3.15. The molecule has 0 saturated heterocycles. The molecule has 2 aliphatic rings. The molecule has 2 atom stereocenters. The number of ether oxygens (including phenoxy) is 1. The number of fused-ring (bicyclic) bond motifs is 1. The summed E-state index contributed by atoms with van der Waals surface area (Å²) in [5.74, 6) is 1.17. The summed E-state index contributed by atoms with van der Waals surface area (Å²) in [7, 11) is -3.15. The van der Waals surface area contributed by atoms with Crippen molar-refractivity contribution in [1.82, 2.24) is 15.5 Å². The van der Waals surface area contributed by atoms with Crippen LogP contribution in [0, 0.1) is 0 Å². The van der Waals surface area contributed by atoms with Gasteiger partial charge in [0.05, 0.1) is 10.6 Å². The fourth-order valence-corrected chi connectivity index (χ4v) is 5.81. The molecule has 1 aliphatic heterocycles. The highest BCUT2D eigenvalue weighted by molar-refractivity contribution is 7.91. The number of benzene rings is 1. The lowest BCUT2D eigenvalue weighted by Gasteiger charge is -2.17. The van der Waals surface area contributed by atoms with Gasteiger partial charge in [-0.1, -0.05) is 0 Å². The molecule has 3 N–H and O–H groups in total. The first kappa shape index (κ1) is 20.7. The second-order valence-electron chi connectivity index (χ2n) is 8.41. The molecule has 1 amide bonds. The summed E-state index contributed by atoms with van der Waals surface area (Å²) in [4.78, 5) is 12.2. The average molecular weight is 433 g/mol. The zero-order chi connectivity index (χ0) is 21.3. The number of sulfone groups is 1. The van der Waals surface area contributed by atoms with Gasteiger partial charge in [0, 0.05) is 29.4 Å². The van der Waals surface area contributed by atoms with Crippen LogP contribution >= 0.6 is 0 Å². The molecule has 1 aromatic heterocycles. The molecule has 8 nitrogen and oxygen atoms in total. The SMILES string of the molecule is CC(C)NC(=O)O[C@@H]1CC[C@H](c2cc(Nc3ccc4c(c3)CCCS4(=O)=O)n[nH]2)C1. The van der Waals surface area contributed by atoms with E-state index in [4.69, 9.17) is 4.74 Å². The van der Waals surface area contributed by atoms with Crippen molar-refractivity contribution in [2.75, 3.05) is 11.1 Å². The number of anilines is 2. The van der Waals surface area contributed by atoms with E-state index < -0.39 is 9.84 Å². The van der Waals surface area contributed by atoms with E-state index in [1.54, 1.807) is 12.1 Å². The van der Waals surface area contributed by atoms with E-state index in [-0.39, 0.29) is 29.9 Å². The molecule has 0 unspecified atom stereocenters. The predicted molar refractivity (Wildman–Crippen MR) is 114 cm³/mol. The third-order valence-electron chi connectivity index (χ3n) is 5.63. The summed E-state index contributed by atoms with van der Waals surface area (Å²) in [6, 6.07) is 7.38. The maximum Gasteiger partial charge on any atom is 0.407 e. The number of nitrogens with one attached hydrogen (secondary N) is 3. The van der Waals surface area contributed by atoms with Crippen molar-refractivity contribution in [2.45, 2.75) is 68.9 Å². The maximum atomic E-state index is 12.2. The molecule has 0 bridgehead atoms. The van der Waals surface area contributed by atoms with Crippen molar-refractivity contribution in [1.29, 1.82) is 0 Å². The van der Waals surface area contributed by atoms with Crippen LogP contribution in [0.2, 0.25) is 0 Å². The number of amides is 1. The summed E-state index contributed by atoms with van der Waals surface area (Å²) in [5, 5.41) is 13.4. The highest BCUT2D eigenvalue weighted by atomic mass is 32.2. The number of hydrogen-bond acceptors (Lipinski definition) is 6. The molecule has 9 heteroatoms. The topological polar surface area (TPSA) is 113 Å². The van der Waals surface area contributed by atoms with E-state index in [1.165, 1.54) is 0 Å². The Kier molecular flexibility index (Phi) is 5.73. The smallest absolute Gasteiger partial charge is 0.407 e. The average Bonchev–Trinajstić information content (AvgIpc) is 3.30. The number of carbonyl (C=O) groups excluding carboxylic acids is 1. The van der Waals surface area contributed by atoms with Gasteiger partial charge in [0.2, 0.25) is 0 Å². The lowest BCUT2D eigenvalue weighted by Crippen LogP contribution is -2.33. The Morgan fingerprint density at radius 1 is 1.27 bits per heavy atom. The number of aryl methyl sites for hydroxylation is 1. The van der Waals surface area contributed by atoms with Crippen LogP contribution in [0.1, 0.15) is 56.7 Å². The van der Waals surface area contributed by atoms with E-state index in [2.05, 4.69) is 20.8 Å². The number of hydrogen-bond donors (Lipinski definition) is 3. The van der Waals surface area contributed by atoms with Gasteiger partial charge in [-0.2, -0.15) is 5.10 Å². The van der Waals surface area contributed by atoms with Crippen molar-refractivity contribution >= 4 is 27.4 Å². The lowest BCUT2D eigenvalue weighted by atomic mass is 10.0. The molecule has 1 fully saturated rings. The molecule has 0 radical (unpaired) electrons. The quantitative estimate of drug-likeness (QED) is 0.665. The summed E-state index contributed by atoms with van der Waals surface area (Å²) in [5.41, 5.74) is 2.69. The number of aromatic amines is 1. The first-order valence-corrected chi connectivity index (χ1v) is 12.1. The van der Waals surface area contributed by atoms with Gasteiger partial charge in [0.25, 0.3) is 0 Å².